The molecule has 1 aromatic carbocycles. The van der Waals surface area contributed by atoms with Crippen LogP contribution >= 0.6 is 0 Å². The van der Waals surface area contributed by atoms with Crippen molar-refractivity contribution in [2.45, 2.75) is 13.3 Å². The van der Waals surface area contributed by atoms with Gasteiger partial charge in [0.25, 0.3) is 0 Å². The van der Waals surface area contributed by atoms with E-state index in [2.05, 4.69) is 0 Å². The van der Waals surface area contributed by atoms with Crippen LogP contribution in [0.4, 0.5) is 4.39 Å². The van der Waals surface area contributed by atoms with Crippen LogP contribution in [0.3, 0.4) is 0 Å². The lowest BCUT2D eigenvalue weighted by Gasteiger charge is -2.06. The van der Waals surface area contributed by atoms with E-state index in [9.17, 15) is 9.18 Å². The van der Waals surface area contributed by atoms with E-state index in [-0.39, 0.29) is 12.2 Å². The van der Waals surface area contributed by atoms with Gasteiger partial charge in [-0.25, -0.2) is 9.18 Å². The molecule has 0 spiro atoms. The number of benzene rings is 1. The normalized spacial score (nSPS) is 10.2. The molecule has 3 nitrogen and oxygen atoms in total. The Morgan fingerprint density at radius 1 is 1.38 bits per heavy atom. The van der Waals surface area contributed by atoms with Crippen molar-refractivity contribution < 1.29 is 18.7 Å². The third kappa shape index (κ3) is 3.31. The number of esters is 1. The Hall–Kier alpha value is -1.42. The summed E-state index contributed by atoms with van der Waals surface area (Å²) in [7, 11) is 1.57. The molecule has 0 unspecified atom stereocenters. The lowest BCUT2D eigenvalue weighted by Crippen LogP contribution is -2.10. The van der Waals surface area contributed by atoms with Crippen molar-refractivity contribution >= 4 is 5.97 Å². The maximum absolute atomic E-state index is 13.5. The lowest BCUT2D eigenvalue weighted by molar-refractivity contribution is 0.0463. The van der Waals surface area contributed by atoms with Gasteiger partial charge in [0, 0.05) is 20.1 Å². The number of hydrogen-bond donors (Lipinski definition) is 0. The average Bonchev–Trinajstić information content (AvgIpc) is 2.28. The van der Waals surface area contributed by atoms with E-state index >= 15 is 0 Å². The number of methoxy groups -OCH3 is 1. The summed E-state index contributed by atoms with van der Waals surface area (Å²) >= 11 is 0. The number of hydrogen-bond acceptors (Lipinski definition) is 3. The predicted molar refractivity (Wildman–Crippen MR) is 57.9 cm³/mol. The molecule has 0 atom stereocenters. The second-order valence-corrected chi connectivity index (χ2v) is 3.42. The van der Waals surface area contributed by atoms with E-state index < -0.39 is 11.8 Å². The summed E-state index contributed by atoms with van der Waals surface area (Å²) in [5.41, 5.74) is 0.420. The average molecular weight is 226 g/mol. The van der Waals surface area contributed by atoms with Crippen LogP contribution in [0.5, 0.6) is 0 Å². The Bertz CT molecular complexity index is 363. The van der Waals surface area contributed by atoms with Crippen molar-refractivity contribution in [1.82, 2.24) is 0 Å². The molecular weight excluding hydrogens is 211 g/mol. The number of aryl methyl sites for hydroxylation is 1. The van der Waals surface area contributed by atoms with Gasteiger partial charge in [-0.1, -0.05) is 12.1 Å². The molecule has 0 saturated heterocycles. The number of carbonyl (C=O) groups is 1. The molecule has 4 heteroatoms. The van der Waals surface area contributed by atoms with Crippen LogP contribution in [0, 0.1) is 12.7 Å². The first-order valence-electron chi connectivity index (χ1n) is 5.08. The number of halogens is 1. The summed E-state index contributed by atoms with van der Waals surface area (Å²) in [6.45, 7) is 2.36. The molecule has 0 heterocycles. The van der Waals surface area contributed by atoms with Crippen LogP contribution in [-0.4, -0.2) is 26.3 Å². The fraction of sp³-hybridized carbons (Fsp3) is 0.417. The summed E-state index contributed by atoms with van der Waals surface area (Å²) < 4.78 is 23.2. The van der Waals surface area contributed by atoms with Gasteiger partial charge in [0.1, 0.15) is 5.82 Å². The molecule has 0 aromatic heterocycles. The van der Waals surface area contributed by atoms with Crippen molar-refractivity contribution in [3.05, 3.63) is 35.1 Å². The highest BCUT2D eigenvalue weighted by Gasteiger charge is 2.13. The first kappa shape index (κ1) is 12.6. The van der Waals surface area contributed by atoms with Gasteiger partial charge in [-0.15, -0.1) is 0 Å². The van der Waals surface area contributed by atoms with Crippen LogP contribution in [0.1, 0.15) is 22.3 Å². The minimum atomic E-state index is -0.627. The van der Waals surface area contributed by atoms with Crippen LogP contribution < -0.4 is 0 Å². The molecule has 88 valence electrons. The SMILES string of the molecule is COCCCOC(=O)c1cccc(C)c1F. The van der Waals surface area contributed by atoms with Gasteiger partial charge in [-0.3, -0.25) is 0 Å². The maximum Gasteiger partial charge on any atom is 0.341 e. The largest absolute Gasteiger partial charge is 0.462 e. The van der Waals surface area contributed by atoms with E-state index in [0.29, 0.717) is 18.6 Å². The van der Waals surface area contributed by atoms with Crippen molar-refractivity contribution in [3.63, 3.8) is 0 Å². The molecule has 0 fully saturated rings. The zero-order valence-electron chi connectivity index (χ0n) is 9.46. The Morgan fingerprint density at radius 2 is 2.12 bits per heavy atom. The minimum Gasteiger partial charge on any atom is -0.462 e. The molecule has 1 aromatic rings. The van der Waals surface area contributed by atoms with Gasteiger partial charge in [-0.2, -0.15) is 0 Å². The summed E-state index contributed by atoms with van der Waals surface area (Å²) in [4.78, 5) is 11.5. The monoisotopic (exact) mass is 226 g/mol. The quantitative estimate of drug-likeness (QED) is 0.571. The van der Waals surface area contributed by atoms with Gasteiger partial charge in [-0.05, 0) is 18.6 Å². The van der Waals surface area contributed by atoms with Gasteiger partial charge in [0.15, 0.2) is 0 Å². The predicted octanol–water partition coefficient (Wildman–Crippen LogP) is 2.33. The van der Waals surface area contributed by atoms with E-state index in [1.807, 2.05) is 0 Å². The smallest absolute Gasteiger partial charge is 0.341 e. The summed E-state index contributed by atoms with van der Waals surface area (Å²) in [5.74, 6) is -1.14. The lowest BCUT2D eigenvalue weighted by atomic mass is 10.1. The third-order valence-electron chi connectivity index (χ3n) is 2.14. The molecule has 0 bridgehead atoms. The van der Waals surface area contributed by atoms with Crippen molar-refractivity contribution in [3.8, 4) is 0 Å². The van der Waals surface area contributed by atoms with Crippen molar-refractivity contribution in [2.24, 2.45) is 0 Å². The Balaban J connectivity index is 2.56. The van der Waals surface area contributed by atoms with E-state index in [4.69, 9.17) is 9.47 Å². The summed E-state index contributed by atoms with van der Waals surface area (Å²) in [6.07, 6.45) is 0.607. The molecule has 0 aliphatic heterocycles. The molecule has 0 aliphatic carbocycles. The summed E-state index contributed by atoms with van der Waals surface area (Å²) in [5, 5.41) is 0. The number of carbonyl (C=O) groups excluding carboxylic acids is 1. The molecule has 0 radical (unpaired) electrons. The fourth-order valence-corrected chi connectivity index (χ4v) is 1.25. The van der Waals surface area contributed by atoms with Gasteiger partial charge in [0.2, 0.25) is 0 Å². The van der Waals surface area contributed by atoms with Gasteiger partial charge in [0.05, 0.1) is 12.2 Å². The Kier molecular flexibility index (Phi) is 4.92. The highest BCUT2D eigenvalue weighted by molar-refractivity contribution is 5.89. The Morgan fingerprint density at radius 3 is 2.81 bits per heavy atom. The molecule has 16 heavy (non-hydrogen) atoms. The van der Waals surface area contributed by atoms with E-state index in [1.165, 1.54) is 6.07 Å². The molecule has 0 saturated carbocycles. The maximum atomic E-state index is 13.5. The van der Waals surface area contributed by atoms with Crippen LogP contribution in [0.25, 0.3) is 0 Å². The molecule has 0 aliphatic rings. The minimum absolute atomic E-state index is 0.0163. The zero-order chi connectivity index (χ0) is 12.0. The third-order valence-corrected chi connectivity index (χ3v) is 2.14. The molecule has 0 N–H and O–H groups in total. The van der Waals surface area contributed by atoms with Crippen molar-refractivity contribution in [1.29, 1.82) is 0 Å². The van der Waals surface area contributed by atoms with Crippen LogP contribution in [0.15, 0.2) is 18.2 Å². The Labute approximate surface area is 94.2 Å². The van der Waals surface area contributed by atoms with Crippen LogP contribution in [-0.2, 0) is 9.47 Å². The van der Waals surface area contributed by atoms with E-state index in [0.717, 1.165) is 0 Å². The summed E-state index contributed by atoms with van der Waals surface area (Å²) in [6, 6.07) is 4.65. The number of ether oxygens (including phenoxy) is 2. The zero-order valence-corrected chi connectivity index (χ0v) is 9.46. The van der Waals surface area contributed by atoms with E-state index in [1.54, 1.807) is 26.2 Å². The second kappa shape index (κ2) is 6.23. The standard InChI is InChI=1S/C12H15FO3/c1-9-5-3-6-10(11(9)13)12(14)16-8-4-7-15-2/h3,5-6H,4,7-8H2,1-2H3. The second-order valence-electron chi connectivity index (χ2n) is 3.42. The van der Waals surface area contributed by atoms with Gasteiger partial charge >= 0.3 is 5.97 Å². The molecular formula is C12H15FO3. The highest BCUT2D eigenvalue weighted by Crippen LogP contribution is 2.12. The topological polar surface area (TPSA) is 35.5 Å². The molecule has 1 rings (SSSR count). The molecule has 0 amide bonds. The first-order chi connectivity index (χ1) is 7.66. The van der Waals surface area contributed by atoms with Crippen LogP contribution in [0.2, 0.25) is 0 Å². The first-order valence-corrected chi connectivity index (χ1v) is 5.08. The van der Waals surface area contributed by atoms with Crippen molar-refractivity contribution in [2.75, 3.05) is 20.3 Å². The number of rotatable bonds is 5. The fourth-order valence-electron chi connectivity index (χ4n) is 1.25. The van der Waals surface area contributed by atoms with Gasteiger partial charge < -0.3 is 9.47 Å². The highest BCUT2D eigenvalue weighted by atomic mass is 19.1.